The van der Waals surface area contributed by atoms with Gasteiger partial charge in [0.1, 0.15) is 0 Å². The van der Waals surface area contributed by atoms with Crippen molar-refractivity contribution in [3.63, 3.8) is 0 Å². The third-order valence-corrected chi connectivity index (χ3v) is 15.7. The molecular formula is C68H131NO5. The average Bonchev–Trinajstić information content (AvgIpc) is 3.40. The highest BCUT2D eigenvalue weighted by Crippen LogP contribution is 2.19. The molecule has 0 saturated heterocycles. The monoisotopic (exact) mass is 1040 g/mol. The molecule has 0 aromatic rings. The Morgan fingerprint density at radius 1 is 0.378 bits per heavy atom. The minimum absolute atomic E-state index is 0.00654. The van der Waals surface area contributed by atoms with Crippen molar-refractivity contribution in [3.05, 3.63) is 24.3 Å². The van der Waals surface area contributed by atoms with Gasteiger partial charge in [-0.1, -0.05) is 334 Å². The van der Waals surface area contributed by atoms with Crippen LogP contribution in [0.25, 0.3) is 0 Å². The first-order valence-corrected chi connectivity index (χ1v) is 33.6. The van der Waals surface area contributed by atoms with Crippen LogP contribution in [-0.2, 0) is 14.3 Å². The number of rotatable bonds is 63. The van der Waals surface area contributed by atoms with E-state index in [1.165, 1.54) is 289 Å². The molecular weight excluding hydrogens is 911 g/mol. The standard InChI is InChI=1S/C68H131NO5/c1-3-5-7-9-11-13-15-37-42-46-50-54-58-62-68(73)74-63-59-55-51-47-43-39-36-34-32-30-28-26-24-22-20-18-16-17-19-21-23-25-27-29-31-33-35-38-41-45-49-53-57-61-67(72)69-65(64-70)66(71)60-56-52-48-44-40-14-12-10-8-6-4-2/h7,9,13,15,65-66,70-71H,3-6,8,10-12,14,16-64H2,1-2H3,(H,69,72)/b9-7-,15-13-. The highest BCUT2D eigenvalue weighted by atomic mass is 16.5. The van der Waals surface area contributed by atoms with Gasteiger partial charge in [0.05, 0.1) is 25.4 Å². The number of hydrogen-bond acceptors (Lipinski definition) is 5. The van der Waals surface area contributed by atoms with Gasteiger partial charge in [0, 0.05) is 12.8 Å². The van der Waals surface area contributed by atoms with E-state index >= 15 is 0 Å². The van der Waals surface area contributed by atoms with Gasteiger partial charge < -0.3 is 20.3 Å². The van der Waals surface area contributed by atoms with Crippen LogP contribution < -0.4 is 5.32 Å². The van der Waals surface area contributed by atoms with Crippen molar-refractivity contribution < 1.29 is 24.5 Å². The van der Waals surface area contributed by atoms with Gasteiger partial charge in [-0.3, -0.25) is 9.59 Å². The van der Waals surface area contributed by atoms with E-state index in [1.807, 2.05) is 0 Å². The molecule has 0 heterocycles. The third-order valence-electron chi connectivity index (χ3n) is 15.7. The lowest BCUT2D eigenvalue weighted by Gasteiger charge is -2.22. The zero-order valence-electron chi connectivity index (χ0n) is 50.1. The number of carbonyl (C=O) groups excluding carboxylic acids is 2. The van der Waals surface area contributed by atoms with Crippen molar-refractivity contribution in [2.24, 2.45) is 0 Å². The zero-order chi connectivity index (χ0) is 53.6. The first-order valence-electron chi connectivity index (χ1n) is 33.6. The maximum absolute atomic E-state index is 12.5. The van der Waals surface area contributed by atoms with E-state index in [1.54, 1.807) is 0 Å². The van der Waals surface area contributed by atoms with Crippen molar-refractivity contribution in [1.82, 2.24) is 5.32 Å². The second kappa shape index (κ2) is 63.9. The number of carbonyl (C=O) groups is 2. The molecule has 74 heavy (non-hydrogen) atoms. The molecule has 0 spiro atoms. The van der Waals surface area contributed by atoms with E-state index in [2.05, 4.69) is 43.5 Å². The van der Waals surface area contributed by atoms with Crippen molar-refractivity contribution in [2.75, 3.05) is 13.2 Å². The lowest BCUT2D eigenvalue weighted by molar-refractivity contribution is -0.143. The normalized spacial score (nSPS) is 12.6. The van der Waals surface area contributed by atoms with Gasteiger partial charge in [-0.05, 0) is 51.4 Å². The van der Waals surface area contributed by atoms with Gasteiger partial charge in [-0.15, -0.1) is 0 Å². The molecule has 2 atom stereocenters. The second-order valence-electron chi connectivity index (χ2n) is 23.2. The summed E-state index contributed by atoms with van der Waals surface area (Å²) in [5.41, 5.74) is 0. The summed E-state index contributed by atoms with van der Waals surface area (Å²) >= 11 is 0. The Morgan fingerprint density at radius 2 is 0.703 bits per heavy atom. The van der Waals surface area contributed by atoms with Crippen LogP contribution in [0.1, 0.15) is 373 Å². The smallest absolute Gasteiger partial charge is 0.305 e. The number of aliphatic hydroxyl groups is 2. The Labute approximate surface area is 462 Å². The molecule has 0 aromatic heterocycles. The first-order chi connectivity index (χ1) is 36.5. The van der Waals surface area contributed by atoms with Crippen molar-refractivity contribution >= 4 is 11.9 Å². The summed E-state index contributed by atoms with van der Waals surface area (Å²) in [5.74, 6) is -0.0230. The first kappa shape index (κ1) is 72.3. The van der Waals surface area contributed by atoms with Gasteiger partial charge in [-0.2, -0.15) is 0 Å². The summed E-state index contributed by atoms with van der Waals surface area (Å²) in [4.78, 5) is 24.5. The third kappa shape index (κ3) is 59.6. The fraction of sp³-hybridized carbons (Fsp3) is 0.912. The lowest BCUT2D eigenvalue weighted by Crippen LogP contribution is -2.45. The number of unbranched alkanes of at least 4 members (excludes halogenated alkanes) is 48. The molecule has 438 valence electrons. The Bertz CT molecular complexity index is 1150. The predicted molar refractivity (Wildman–Crippen MR) is 324 cm³/mol. The molecule has 0 rings (SSSR count). The number of allylic oxidation sites excluding steroid dienone is 4. The maximum Gasteiger partial charge on any atom is 0.305 e. The minimum atomic E-state index is -0.659. The zero-order valence-corrected chi connectivity index (χ0v) is 50.1. The highest BCUT2D eigenvalue weighted by Gasteiger charge is 2.20. The number of amides is 1. The molecule has 0 saturated carbocycles. The molecule has 6 nitrogen and oxygen atoms in total. The largest absolute Gasteiger partial charge is 0.466 e. The van der Waals surface area contributed by atoms with Crippen molar-refractivity contribution in [2.45, 2.75) is 386 Å². The molecule has 6 heteroatoms. The highest BCUT2D eigenvalue weighted by molar-refractivity contribution is 5.76. The number of ether oxygens (including phenoxy) is 1. The molecule has 0 aliphatic heterocycles. The molecule has 0 fully saturated rings. The van der Waals surface area contributed by atoms with E-state index in [0.29, 0.717) is 25.9 Å². The average molecular weight is 1040 g/mol. The summed E-state index contributed by atoms with van der Waals surface area (Å²) in [6, 6.07) is -0.536. The number of hydrogen-bond donors (Lipinski definition) is 3. The summed E-state index contributed by atoms with van der Waals surface area (Å²) in [5, 5.41) is 23.2. The molecule has 0 aliphatic carbocycles. The maximum atomic E-state index is 12.5. The summed E-state index contributed by atoms with van der Waals surface area (Å²) < 4.78 is 5.48. The quantitative estimate of drug-likeness (QED) is 0.0320. The Kier molecular flexibility index (Phi) is 62.4. The summed E-state index contributed by atoms with van der Waals surface area (Å²) in [7, 11) is 0. The van der Waals surface area contributed by atoms with Crippen LogP contribution in [0.3, 0.4) is 0 Å². The van der Waals surface area contributed by atoms with Crippen LogP contribution in [0, 0.1) is 0 Å². The van der Waals surface area contributed by atoms with Crippen LogP contribution in [0.5, 0.6) is 0 Å². The van der Waals surface area contributed by atoms with Crippen LogP contribution in [0.15, 0.2) is 24.3 Å². The lowest BCUT2D eigenvalue weighted by atomic mass is 10.0. The topological polar surface area (TPSA) is 95.9 Å². The van der Waals surface area contributed by atoms with Crippen LogP contribution in [-0.4, -0.2) is 47.4 Å². The van der Waals surface area contributed by atoms with Gasteiger partial charge >= 0.3 is 5.97 Å². The van der Waals surface area contributed by atoms with E-state index in [-0.39, 0.29) is 18.5 Å². The van der Waals surface area contributed by atoms with Crippen molar-refractivity contribution in [3.8, 4) is 0 Å². The molecule has 0 radical (unpaired) electrons. The molecule has 3 N–H and O–H groups in total. The number of esters is 1. The Hall–Kier alpha value is -1.66. The molecule has 1 amide bonds. The van der Waals surface area contributed by atoms with E-state index < -0.39 is 12.1 Å². The Balaban J connectivity index is 3.29. The predicted octanol–water partition coefficient (Wildman–Crippen LogP) is 21.4. The Morgan fingerprint density at radius 3 is 1.08 bits per heavy atom. The number of aliphatic hydroxyl groups excluding tert-OH is 2. The second-order valence-corrected chi connectivity index (χ2v) is 23.2. The van der Waals surface area contributed by atoms with Gasteiger partial charge in [0.2, 0.25) is 5.91 Å². The number of nitrogens with one attached hydrogen (secondary N) is 1. The van der Waals surface area contributed by atoms with E-state index in [0.717, 1.165) is 51.4 Å². The van der Waals surface area contributed by atoms with Crippen LogP contribution >= 0.6 is 0 Å². The molecule has 0 aromatic carbocycles. The van der Waals surface area contributed by atoms with Crippen LogP contribution in [0.2, 0.25) is 0 Å². The van der Waals surface area contributed by atoms with E-state index in [9.17, 15) is 19.8 Å². The molecule has 2 unspecified atom stereocenters. The van der Waals surface area contributed by atoms with Crippen LogP contribution in [0.4, 0.5) is 0 Å². The SMILES string of the molecule is CCC/C=C\C/C=C\CCCCCCCC(=O)OCCCCCCCCCCCCCCCCCCCCCCCCCCCCCCCCCCCC(=O)NC(CO)C(O)CCCCCCCCCCCCC. The fourth-order valence-electron chi connectivity index (χ4n) is 10.6. The van der Waals surface area contributed by atoms with E-state index in [4.69, 9.17) is 4.74 Å². The van der Waals surface area contributed by atoms with Gasteiger partial charge in [0.25, 0.3) is 0 Å². The minimum Gasteiger partial charge on any atom is -0.466 e. The molecule has 0 aliphatic rings. The van der Waals surface area contributed by atoms with Gasteiger partial charge in [-0.25, -0.2) is 0 Å². The summed E-state index contributed by atoms with van der Waals surface area (Å²) in [6.07, 6.45) is 79.5. The fourth-order valence-corrected chi connectivity index (χ4v) is 10.6. The van der Waals surface area contributed by atoms with Gasteiger partial charge in [0.15, 0.2) is 0 Å². The molecule has 0 bridgehead atoms. The summed E-state index contributed by atoms with van der Waals surface area (Å²) in [6.45, 7) is 4.90. The van der Waals surface area contributed by atoms with Crippen molar-refractivity contribution in [1.29, 1.82) is 0 Å².